The number of aromatic nitrogens is 2. The average Bonchev–Trinajstić information content (AvgIpc) is 3.44. The lowest BCUT2D eigenvalue weighted by atomic mass is 10.1. The van der Waals surface area contributed by atoms with Crippen LogP contribution < -0.4 is 15.1 Å². The molecule has 0 aliphatic carbocycles. The zero-order valence-electron chi connectivity index (χ0n) is 19.9. The minimum absolute atomic E-state index is 0.0248. The van der Waals surface area contributed by atoms with Gasteiger partial charge in [0.2, 0.25) is 5.91 Å². The maximum atomic E-state index is 12.9. The number of nitriles is 1. The number of nitrogens with one attached hydrogen (secondary N) is 2. The first kappa shape index (κ1) is 22.9. The molecule has 5 rings (SSSR count). The average molecular weight is 477 g/mol. The smallest absolute Gasteiger partial charge is 0.224 e. The number of imidazole rings is 1. The predicted octanol–water partition coefficient (Wildman–Crippen LogP) is 4.84. The molecule has 1 aliphatic rings. The van der Waals surface area contributed by atoms with Crippen LogP contribution in [0.25, 0.3) is 22.4 Å². The van der Waals surface area contributed by atoms with Gasteiger partial charge in [-0.05, 0) is 48.5 Å². The summed E-state index contributed by atoms with van der Waals surface area (Å²) in [5.74, 6) is 0.610. The number of carbonyl (C=O) groups excluding carboxylic acids is 2. The summed E-state index contributed by atoms with van der Waals surface area (Å²) in [5.41, 5.74) is 5.24. The van der Waals surface area contributed by atoms with Gasteiger partial charge in [0.15, 0.2) is 5.78 Å². The summed E-state index contributed by atoms with van der Waals surface area (Å²) in [7, 11) is 3.65. The highest BCUT2D eigenvalue weighted by Gasteiger charge is 2.31. The van der Waals surface area contributed by atoms with Gasteiger partial charge in [-0.2, -0.15) is 5.26 Å². The molecule has 1 amide bonds. The van der Waals surface area contributed by atoms with E-state index in [0.29, 0.717) is 11.5 Å². The van der Waals surface area contributed by atoms with Crippen LogP contribution in [0.4, 0.5) is 17.1 Å². The number of benzene rings is 3. The molecule has 8 heteroatoms. The molecule has 0 bridgehead atoms. The van der Waals surface area contributed by atoms with Gasteiger partial charge in [-0.25, -0.2) is 4.98 Å². The van der Waals surface area contributed by atoms with Gasteiger partial charge in [-0.3, -0.25) is 9.59 Å². The van der Waals surface area contributed by atoms with Gasteiger partial charge >= 0.3 is 0 Å². The van der Waals surface area contributed by atoms with Crippen molar-refractivity contribution in [2.75, 3.05) is 29.2 Å². The zero-order chi connectivity index (χ0) is 25.2. The van der Waals surface area contributed by atoms with Gasteiger partial charge in [0.1, 0.15) is 23.3 Å². The first-order valence-electron chi connectivity index (χ1n) is 11.6. The molecule has 0 saturated heterocycles. The first-order valence-corrected chi connectivity index (χ1v) is 11.6. The molecule has 8 nitrogen and oxygen atoms in total. The summed E-state index contributed by atoms with van der Waals surface area (Å²) in [4.78, 5) is 37.0. The summed E-state index contributed by atoms with van der Waals surface area (Å²) < 4.78 is 0. The number of allylic oxidation sites excluding steroid dienone is 1. The van der Waals surface area contributed by atoms with Crippen LogP contribution in [0.2, 0.25) is 0 Å². The van der Waals surface area contributed by atoms with E-state index in [1.54, 1.807) is 12.1 Å². The van der Waals surface area contributed by atoms with Crippen molar-refractivity contribution in [2.24, 2.45) is 0 Å². The maximum absolute atomic E-state index is 12.9. The van der Waals surface area contributed by atoms with Crippen molar-refractivity contribution in [3.63, 3.8) is 0 Å². The van der Waals surface area contributed by atoms with Crippen LogP contribution in [0.3, 0.4) is 0 Å². The van der Waals surface area contributed by atoms with Crippen LogP contribution in [0, 0.1) is 11.3 Å². The van der Waals surface area contributed by atoms with Crippen LogP contribution >= 0.6 is 0 Å². The second-order valence-electron chi connectivity index (χ2n) is 8.57. The first-order chi connectivity index (χ1) is 17.5. The van der Waals surface area contributed by atoms with Crippen LogP contribution in [0.15, 0.2) is 84.2 Å². The number of aromatic amines is 1. The van der Waals surface area contributed by atoms with Crippen molar-refractivity contribution in [3.8, 4) is 17.5 Å². The molecule has 2 heterocycles. The number of hydrogen-bond donors (Lipinski definition) is 2. The van der Waals surface area contributed by atoms with Crippen LogP contribution in [0.1, 0.15) is 12.8 Å². The molecule has 0 atom stereocenters. The van der Waals surface area contributed by atoms with Crippen molar-refractivity contribution in [2.45, 2.75) is 12.8 Å². The Morgan fingerprint density at radius 1 is 0.917 bits per heavy atom. The fourth-order valence-electron chi connectivity index (χ4n) is 4.43. The highest BCUT2D eigenvalue weighted by atomic mass is 16.2. The van der Waals surface area contributed by atoms with E-state index < -0.39 is 0 Å². The van der Waals surface area contributed by atoms with Crippen LogP contribution in [-0.4, -0.2) is 35.8 Å². The molecule has 0 unspecified atom stereocenters. The number of anilines is 3. The van der Waals surface area contributed by atoms with E-state index in [9.17, 15) is 14.9 Å². The second kappa shape index (κ2) is 9.39. The third-order valence-electron chi connectivity index (χ3n) is 6.26. The van der Waals surface area contributed by atoms with E-state index >= 15 is 0 Å². The van der Waals surface area contributed by atoms with Gasteiger partial charge in [0, 0.05) is 38.2 Å². The molecule has 3 aromatic carbocycles. The van der Waals surface area contributed by atoms with E-state index in [1.165, 1.54) is 0 Å². The Morgan fingerprint density at radius 2 is 1.56 bits per heavy atom. The molecule has 2 N–H and O–H groups in total. The lowest BCUT2D eigenvalue weighted by molar-refractivity contribution is -0.120. The summed E-state index contributed by atoms with van der Waals surface area (Å²) in [6.45, 7) is 0. The standard InChI is InChI=1S/C28H24N6O2/c1-33-23-9-5-6-10-24(23)34(2)28(33)20(17-29)25(35)15-16-26(36)30-19-13-11-18(12-14-19)27-31-21-7-3-4-8-22(21)32-27/h3-14H,15-16H2,1-2H3,(H,30,36)(H,31,32). The monoisotopic (exact) mass is 476 g/mol. The normalized spacial score (nSPS) is 12.4. The van der Waals surface area contributed by atoms with Gasteiger partial charge in [0.05, 0.1) is 22.4 Å². The Bertz CT molecular complexity index is 1480. The summed E-state index contributed by atoms with van der Waals surface area (Å²) in [5, 5.41) is 12.6. The van der Waals surface area contributed by atoms with E-state index in [1.807, 2.05) is 84.6 Å². The number of hydrogen-bond acceptors (Lipinski definition) is 6. The summed E-state index contributed by atoms with van der Waals surface area (Å²) in [6.07, 6.45) is -0.0870. The third-order valence-corrected chi connectivity index (χ3v) is 6.26. The Morgan fingerprint density at radius 3 is 2.19 bits per heavy atom. The topological polar surface area (TPSA) is 105 Å². The van der Waals surface area contributed by atoms with Gasteiger partial charge < -0.3 is 20.1 Å². The zero-order valence-corrected chi connectivity index (χ0v) is 19.9. The molecule has 36 heavy (non-hydrogen) atoms. The highest BCUT2D eigenvalue weighted by molar-refractivity contribution is 6.04. The molecule has 0 fully saturated rings. The van der Waals surface area contributed by atoms with E-state index in [2.05, 4.69) is 21.4 Å². The number of nitrogens with zero attached hydrogens (tertiary/aromatic N) is 4. The number of fused-ring (bicyclic) bond motifs is 2. The number of carbonyl (C=O) groups is 2. The molecular formula is C28H24N6O2. The number of amides is 1. The number of rotatable bonds is 6. The Hall–Kier alpha value is -4.90. The van der Waals surface area contributed by atoms with Crippen molar-refractivity contribution in [1.82, 2.24) is 9.97 Å². The molecule has 4 aromatic rings. The van der Waals surface area contributed by atoms with Crippen LogP contribution in [0.5, 0.6) is 0 Å². The van der Waals surface area contributed by atoms with E-state index in [0.717, 1.165) is 33.8 Å². The maximum Gasteiger partial charge on any atom is 0.224 e. The fourth-order valence-corrected chi connectivity index (χ4v) is 4.43. The molecule has 0 saturated carbocycles. The molecular weight excluding hydrogens is 452 g/mol. The molecule has 1 aliphatic heterocycles. The van der Waals surface area contributed by atoms with Gasteiger partial charge in [-0.1, -0.05) is 24.3 Å². The SMILES string of the molecule is CN1C(=C(C#N)C(=O)CCC(=O)Nc2ccc(-c3nc4ccccc4[nH]3)cc2)N(C)c2ccccc21. The molecule has 1 aromatic heterocycles. The molecule has 0 spiro atoms. The minimum Gasteiger partial charge on any atom is -0.338 e. The third kappa shape index (κ3) is 4.18. The summed E-state index contributed by atoms with van der Waals surface area (Å²) >= 11 is 0. The van der Waals surface area contributed by atoms with Crippen LogP contribution in [-0.2, 0) is 9.59 Å². The van der Waals surface area contributed by atoms with Crippen molar-refractivity contribution in [1.29, 1.82) is 5.26 Å². The Balaban J connectivity index is 1.22. The molecule has 0 radical (unpaired) electrons. The lowest BCUT2D eigenvalue weighted by Gasteiger charge is -2.19. The second-order valence-corrected chi connectivity index (χ2v) is 8.57. The highest BCUT2D eigenvalue weighted by Crippen LogP contribution is 2.40. The van der Waals surface area contributed by atoms with Gasteiger partial charge in [0.25, 0.3) is 0 Å². The summed E-state index contributed by atoms with van der Waals surface area (Å²) in [6, 6.07) is 24.9. The number of H-pyrrole nitrogens is 1. The quantitative estimate of drug-likeness (QED) is 0.305. The number of Topliss-reactive ketones (excluding diaryl/α,β-unsaturated/α-hetero) is 1. The van der Waals surface area contributed by atoms with E-state index in [4.69, 9.17) is 0 Å². The molecule has 178 valence electrons. The van der Waals surface area contributed by atoms with Gasteiger partial charge in [-0.15, -0.1) is 0 Å². The Kier molecular flexibility index (Phi) is 5.97. The van der Waals surface area contributed by atoms with Crippen molar-refractivity contribution < 1.29 is 9.59 Å². The van der Waals surface area contributed by atoms with Crippen molar-refractivity contribution in [3.05, 3.63) is 84.2 Å². The van der Waals surface area contributed by atoms with Crippen molar-refractivity contribution >= 4 is 39.8 Å². The Labute approximate surface area is 208 Å². The largest absolute Gasteiger partial charge is 0.338 e. The number of para-hydroxylation sites is 4. The minimum atomic E-state index is -0.366. The number of ketones is 1. The fraction of sp³-hybridized carbons (Fsp3) is 0.143. The lowest BCUT2D eigenvalue weighted by Crippen LogP contribution is -2.26. The predicted molar refractivity (Wildman–Crippen MR) is 140 cm³/mol. The van der Waals surface area contributed by atoms with E-state index in [-0.39, 0.29) is 30.1 Å².